The van der Waals surface area contributed by atoms with Crippen molar-refractivity contribution in [1.29, 1.82) is 0 Å². The summed E-state index contributed by atoms with van der Waals surface area (Å²) in [6.07, 6.45) is 0. The third-order valence-electron chi connectivity index (χ3n) is 11.3. The van der Waals surface area contributed by atoms with Crippen LogP contribution in [-0.2, 0) is 5.41 Å². The minimum absolute atomic E-state index is 0.0662. The fourth-order valence-electron chi connectivity index (χ4n) is 8.55. The fourth-order valence-corrected chi connectivity index (χ4v) is 9.82. The molecule has 10 aromatic rings. The summed E-state index contributed by atoms with van der Waals surface area (Å²) in [4.78, 5) is 15.3. The van der Waals surface area contributed by atoms with Crippen molar-refractivity contribution in [2.24, 2.45) is 0 Å². The molecule has 0 amide bonds. The molecule has 4 heteroatoms. The maximum absolute atomic E-state index is 5.18. The Morgan fingerprint density at radius 3 is 1.89 bits per heavy atom. The number of aromatic nitrogens is 3. The molecule has 2 heterocycles. The molecule has 0 atom stereocenters. The highest BCUT2D eigenvalue weighted by Gasteiger charge is 2.35. The lowest BCUT2D eigenvalue weighted by Gasteiger charge is -2.21. The smallest absolute Gasteiger partial charge is 0.164 e. The van der Waals surface area contributed by atoms with Gasteiger partial charge in [0.25, 0.3) is 0 Å². The van der Waals surface area contributed by atoms with Crippen molar-refractivity contribution < 1.29 is 0 Å². The summed E-state index contributed by atoms with van der Waals surface area (Å²) in [7, 11) is 0. The van der Waals surface area contributed by atoms with Gasteiger partial charge in [0, 0.05) is 47.7 Å². The summed E-state index contributed by atoms with van der Waals surface area (Å²) >= 11 is 1.89. The Morgan fingerprint density at radius 1 is 0.407 bits per heavy atom. The van der Waals surface area contributed by atoms with E-state index in [4.69, 9.17) is 15.0 Å². The standard InChI is InChI=1S/C50H33N3S/c1-50(2)42-17-8-6-15-37(42)41-29-36(24-26-43(41)50)49-52-47(32-11-4-3-5-12-32)51-48(53-49)35-14-10-13-33(27-35)34-22-20-30-19-21-31-23-25-39-38-16-7-9-18-44(38)54-46(39)45(31)40(30)28-34/h3-29H,1-2H3. The highest BCUT2D eigenvalue weighted by molar-refractivity contribution is 7.26. The number of hydrogen-bond acceptors (Lipinski definition) is 4. The van der Waals surface area contributed by atoms with Gasteiger partial charge in [0.15, 0.2) is 17.5 Å². The van der Waals surface area contributed by atoms with Gasteiger partial charge in [-0.25, -0.2) is 15.0 Å². The molecule has 3 nitrogen and oxygen atoms in total. The van der Waals surface area contributed by atoms with Gasteiger partial charge in [-0.15, -0.1) is 11.3 Å². The monoisotopic (exact) mass is 707 g/mol. The topological polar surface area (TPSA) is 38.7 Å². The first kappa shape index (κ1) is 31.1. The highest BCUT2D eigenvalue weighted by atomic mass is 32.1. The number of thiophene rings is 1. The van der Waals surface area contributed by atoms with Gasteiger partial charge in [-0.1, -0.05) is 153 Å². The van der Waals surface area contributed by atoms with Gasteiger partial charge >= 0.3 is 0 Å². The molecular formula is C50H33N3S. The minimum Gasteiger partial charge on any atom is -0.208 e. The lowest BCUT2D eigenvalue weighted by atomic mass is 9.82. The second-order valence-corrected chi connectivity index (χ2v) is 15.9. The van der Waals surface area contributed by atoms with Crippen LogP contribution in [0.1, 0.15) is 25.0 Å². The van der Waals surface area contributed by atoms with E-state index in [9.17, 15) is 0 Å². The van der Waals surface area contributed by atoms with Gasteiger partial charge in [0.1, 0.15) is 0 Å². The molecule has 8 aromatic carbocycles. The largest absolute Gasteiger partial charge is 0.208 e. The van der Waals surface area contributed by atoms with Crippen LogP contribution in [0.25, 0.3) is 98.1 Å². The summed E-state index contributed by atoms with van der Waals surface area (Å²) in [5, 5.41) is 7.72. The van der Waals surface area contributed by atoms with Crippen LogP contribution < -0.4 is 0 Å². The Balaban J connectivity index is 1.06. The quantitative estimate of drug-likeness (QED) is 0.171. The molecule has 0 fully saturated rings. The maximum atomic E-state index is 5.18. The number of hydrogen-bond donors (Lipinski definition) is 0. The Hall–Kier alpha value is -6.49. The normalized spacial score (nSPS) is 13.1. The predicted molar refractivity (Wildman–Crippen MR) is 227 cm³/mol. The molecule has 0 aliphatic heterocycles. The summed E-state index contributed by atoms with van der Waals surface area (Å²) in [6.45, 7) is 4.61. The van der Waals surface area contributed by atoms with E-state index in [2.05, 4.69) is 159 Å². The molecule has 0 unspecified atom stereocenters. The molecular weight excluding hydrogens is 675 g/mol. The molecule has 0 bridgehead atoms. The molecule has 254 valence electrons. The molecule has 2 aromatic heterocycles. The van der Waals surface area contributed by atoms with Gasteiger partial charge in [0.05, 0.1) is 0 Å². The van der Waals surface area contributed by atoms with Crippen molar-refractivity contribution in [2.75, 3.05) is 0 Å². The van der Waals surface area contributed by atoms with Gasteiger partial charge < -0.3 is 0 Å². The molecule has 54 heavy (non-hydrogen) atoms. The van der Waals surface area contributed by atoms with E-state index in [0.29, 0.717) is 17.5 Å². The van der Waals surface area contributed by atoms with Crippen LogP contribution in [0.4, 0.5) is 0 Å². The first-order valence-corrected chi connectivity index (χ1v) is 19.3. The van der Waals surface area contributed by atoms with Crippen LogP contribution >= 0.6 is 11.3 Å². The van der Waals surface area contributed by atoms with Crippen LogP contribution in [0.15, 0.2) is 164 Å². The van der Waals surface area contributed by atoms with Crippen LogP contribution in [0.3, 0.4) is 0 Å². The maximum Gasteiger partial charge on any atom is 0.164 e. The van der Waals surface area contributed by atoms with Gasteiger partial charge in [-0.3, -0.25) is 0 Å². The second-order valence-electron chi connectivity index (χ2n) is 14.8. The molecule has 1 aliphatic carbocycles. The highest BCUT2D eigenvalue weighted by Crippen LogP contribution is 2.49. The Kier molecular flexibility index (Phi) is 6.77. The van der Waals surface area contributed by atoms with Crippen LogP contribution in [-0.4, -0.2) is 15.0 Å². The Bertz CT molecular complexity index is 3140. The van der Waals surface area contributed by atoms with E-state index in [1.165, 1.54) is 64.0 Å². The third-order valence-corrected chi connectivity index (χ3v) is 12.5. The second kappa shape index (κ2) is 11.8. The zero-order chi connectivity index (χ0) is 36.0. The molecule has 11 rings (SSSR count). The number of nitrogens with zero attached hydrogens (tertiary/aromatic N) is 3. The number of fused-ring (bicyclic) bond motifs is 10. The van der Waals surface area contributed by atoms with Crippen molar-refractivity contribution in [2.45, 2.75) is 19.3 Å². The van der Waals surface area contributed by atoms with Crippen molar-refractivity contribution in [3.8, 4) is 56.4 Å². The Labute approximate surface area is 317 Å². The summed E-state index contributed by atoms with van der Waals surface area (Å²) in [5.74, 6) is 1.98. The molecule has 1 aliphatic rings. The zero-order valence-electron chi connectivity index (χ0n) is 29.8. The van der Waals surface area contributed by atoms with Crippen LogP contribution in [0, 0.1) is 0 Å². The van der Waals surface area contributed by atoms with Crippen molar-refractivity contribution >= 4 is 53.1 Å². The lowest BCUT2D eigenvalue weighted by molar-refractivity contribution is 0.660. The van der Waals surface area contributed by atoms with Crippen molar-refractivity contribution in [3.05, 3.63) is 175 Å². The van der Waals surface area contributed by atoms with E-state index in [1.807, 2.05) is 29.5 Å². The molecule has 0 saturated carbocycles. The summed E-state index contributed by atoms with van der Waals surface area (Å²) < 4.78 is 2.66. The zero-order valence-corrected chi connectivity index (χ0v) is 30.7. The molecule has 0 spiro atoms. The van der Waals surface area contributed by atoms with E-state index >= 15 is 0 Å². The first-order valence-electron chi connectivity index (χ1n) is 18.4. The fraction of sp³-hybridized carbons (Fsp3) is 0.0600. The SMILES string of the molecule is CC1(C)c2ccccc2-c2cc(-c3nc(-c4ccccc4)nc(-c4cccc(-c5ccc6ccc7ccc8c9ccccc9sc8c7c6c5)c4)n3)ccc21. The number of benzene rings is 8. The van der Waals surface area contributed by atoms with E-state index in [0.717, 1.165) is 27.8 Å². The van der Waals surface area contributed by atoms with Crippen molar-refractivity contribution in [1.82, 2.24) is 15.0 Å². The third kappa shape index (κ3) is 4.77. The summed E-state index contributed by atoms with van der Waals surface area (Å²) in [5.41, 5.74) is 10.3. The van der Waals surface area contributed by atoms with Gasteiger partial charge in [0.2, 0.25) is 0 Å². The Morgan fingerprint density at radius 2 is 1.02 bits per heavy atom. The van der Waals surface area contributed by atoms with Gasteiger partial charge in [-0.2, -0.15) is 0 Å². The van der Waals surface area contributed by atoms with E-state index in [1.54, 1.807) is 0 Å². The predicted octanol–water partition coefficient (Wildman–Crippen LogP) is 13.5. The average molecular weight is 708 g/mol. The van der Waals surface area contributed by atoms with Crippen molar-refractivity contribution in [3.63, 3.8) is 0 Å². The lowest BCUT2D eigenvalue weighted by Crippen LogP contribution is -2.14. The van der Waals surface area contributed by atoms with E-state index < -0.39 is 0 Å². The average Bonchev–Trinajstić information content (AvgIpc) is 3.72. The minimum atomic E-state index is -0.0662. The summed E-state index contributed by atoms with van der Waals surface area (Å²) in [6, 6.07) is 58.9. The van der Waals surface area contributed by atoms with E-state index in [-0.39, 0.29) is 5.41 Å². The molecule has 0 N–H and O–H groups in total. The van der Waals surface area contributed by atoms with Gasteiger partial charge in [-0.05, 0) is 73.8 Å². The van der Waals surface area contributed by atoms with Crippen LogP contribution in [0.5, 0.6) is 0 Å². The molecule has 0 radical (unpaired) electrons. The number of rotatable bonds is 4. The first-order chi connectivity index (χ1) is 26.5. The van der Waals surface area contributed by atoms with Crippen LogP contribution in [0.2, 0.25) is 0 Å². The molecule has 0 saturated heterocycles.